The number of aryl methyl sites for hydroxylation is 1. The molecule has 1 aromatic rings. The molecule has 0 aliphatic carbocycles. The normalized spacial score (nSPS) is 10.6. The summed E-state index contributed by atoms with van der Waals surface area (Å²) in [7, 11) is 0. The van der Waals surface area contributed by atoms with Crippen LogP contribution in [0.2, 0.25) is 0 Å². The van der Waals surface area contributed by atoms with E-state index < -0.39 is 6.61 Å². The van der Waals surface area contributed by atoms with Gasteiger partial charge < -0.3 is 9.47 Å². The highest BCUT2D eigenvalue weighted by atomic mass is 35.5. The van der Waals surface area contributed by atoms with Gasteiger partial charge in [-0.1, -0.05) is 0 Å². The molecule has 0 saturated heterocycles. The fraction of sp³-hybridized carbons (Fsp3) is 0.462. The van der Waals surface area contributed by atoms with E-state index in [9.17, 15) is 13.6 Å². The Morgan fingerprint density at radius 2 is 2.11 bits per heavy atom. The molecule has 1 rings (SSSR count). The number of ether oxygens (including phenoxy) is 2. The van der Waals surface area contributed by atoms with Crippen molar-refractivity contribution in [1.82, 2.24) is 0 Å². The lowest BCUT2D eigenvalue weighted by molar-refractivity contribution is -0.142. The molecule has 0 bridgehead atoms. The van der Waals surface area contributed by atoms with Gasteiger partial charge in [-0.25, -0.2) is 0 Å². The molecule has 1 aromatic carbocycles. The van der Waals surface area contributed by atoms with E-state index in [0.717, 1.165) is 0 Å². The van der Waals surface area contributed by atoms with Crippen LogP contribution in [0.15, 0.2) is 12.1 Å². The van der Waals surface area contributed by atoms with Gasteiger partial charge in [-0.15, -0.1) is 11.6 Å². The van der Waals surface area contributed by atoms with Crippen LogP contribution in [0.4, 0.5) is 8.78 Å². The monoisotopic (exact) mass is 292 g/mol. The quantitative estimate of drug-likeness (QED) is 0.595. The topological polar surface area (TPSA) is 35.5 Å². The zero-order valence-corrected chi connectivity index (χ0v) is 11.5. The second-order valence-corrected chi connectivity index (χ2v) is 4.14. The van der Waals surface area contributed by atoms with Crippen molar-refractivity contribution in [3.63, 3.8) is 0 Å². The first-order valence-electron chi connectivity index (χ1n) is 5.76. The Hall–Kier alpha value is -1.36. The molecule has 0 spiro atoms. The molecule has 0 N–H and O–H groups in total. The third-order valence-electron chi connectivity index (χ3n) is 2.53. The summed E-state index contributed by atoms with van der Waals surface area (Å²) in [6, 6.07) is 2.87. The summed E-state index contributed by atoms with van der Waals surface area (Å²) in [5, 5.41) is 0. The standard InChI is InChI=1S/C13H15ClF2O3/c1-3-18-12(17)6-11-8(2)4-10(19-13(15)16)5-9(11)7-14/h4-5,13H,3,6-7H2,1-2H3. The highest BCUT2D eigenvalue weighted by Gasteiger charge is 2.14. The molecule has 0 atom stereocenters. The predicted octanol–water partition coefficient (Wildman–Crippen LogP) is 3.44. The van der Waals surface area contributed by atoms with Crippen molar-refractivity contribution >= 4 is 17.6 Å². The molecule has 0 unspecified atom stereocenters. The first kappa shape index (κ1) is 15.7. The number of benzene rings is 1. The van der Waals surface area contributed by atoms with Gasteiger partial charge in [0.1, 0.15) is 5.75 Å². The number of alkyl halides is 3. The minimum absolute atomic E-state index is 0.0377. The van der Waals surface area contributed by atoms with Crippen molar-refractivity contribution in [2.75, 3.05) is 6.61 Å². The van der Waals surface area contributed by atoms with Gasteiger partial charge in [0.2, 0.25) is 0 Å². The van der Waals surface area contributed by atoms with Gasteiger partial charge in [0, 0.05) is 5.88 Å². The minimum atomic E-state index is -2.89. The first-order valence-corrected chi connectivity index (χ1v) is 6.30. The Kier molecular flexibility index (Phi) is 6.02. The van der Waals surface area contributed by atoms with Gasteiger partial charge >= 0.3 is 12.6 Å². The summed E-state index contributed by atoms with van der Waals surface area (Å²) in [6.07, 6.45) is 0.0662. The van der Waals surface area contributed by atoms with Gasteiger partial charge in [-0.3, -0.25) is 4.79 Å². The molecular formula is C13H15ClF2O3. The Labute approximate surface area is 115 Å². The number of halogens is 3. The Bertz CT molecular complexity index is 450. The third kappa shape index (κ3) is 4.67. The molecule has 0 amide bonds. The number of esters is 1. The zero-order valence-electron chi connectivity index (χ0n) is 10.7. The Morgan fingerprint density at radius 1 is 1.42 bits per heavy atom. The number of hydrogen-bond donors (Lipinski definition) is 0. The lowest BCUT2D eigenvalue weighted by Crippen LogP contribution is -2.11. The minimum Gasteiger partial charge on any atom is -0.466 e. The second-order valence-electron chi connectivity index (χ2n) is 3.87. The number of carbonyl (C=O) groups excluding carboxylic acids is 1. The fourth-order valence-electron chi connectivity index (χ4n) is 1.75. The van der Waals surface area contributed by atoms with Crippen molar-refractivity contribution in [3.8, 4) is 5.75 Å². The van der Waals surface area contributed by atoms with E-state index in [1.165, 1.54) is 12.1 Å². The van der Waals surface area contributed by atoms with E-state index in [2.05, 4.69) is 4.74 Å². The number of carbonyl (C=O) groups is 1. The van der Waals surface area contributed by atoms with Crippen molar-refractivity contribution < 1.29 is 23.0 Å². The highest BCUT2D eigenvalue weighted by Crippen LogP contribution is 2.25. The number of rotatable bonds is 6. The van der Waals surface area contributed by atoms with Crippen LogP contribution in [-0.2, 0) is 21.8 Å². The molecule has 0 aromatic heterocycles. The molecule has 3 nitrogen and oxygen atoms in total. The highest BCUT2D eigenvalue weighted by molar-refractivity contribution is 6.17. The van der Waals surface area contributed by atoms with Gasteiger partial charge in [-0.05, 0) is 42.7 Å². The maximum Gasteiger partial charge on any atom is 0.387 e. The van der Waals surface area contributed by atoms with Gasteiger partial charge in [0.15, 0.2) is 0 Å². The molecule has 0 aliphatic rings. The summed E-state index contributed by atoms with van der Waals surface area (Å²) in [6.45, 7) is 0.828. The van der Waals surface area contributed by atoms with Gasteiger partial charge in [0.05, 0.1) is 13.0 Å². The summed E-state index contributed by atoms with van der Waals surface area (Å²) >= 11 is 5.78. The summed E-state index contributed by atoms with van der Waals surface area (Å²) in [4.78, 5) is 11.5. The molecule has 0 heterocycles. The fourth-order valence-corrected chi connectivity index (χ4v) is 1.99. The lowest BCUT2D eigenvalue weighted by Gasteiger charge is -2.13. The van der Waals surface area contributed by atoms with Crippen molar-refractivity contribution in [2.45, 2.75) is 32.8 Å². The van der Waals surface area contributed by atoms with E-state index >= 15 is 0 Å². The molecule has 0 fully saturated rings. The summed E-state index contributed by atoms with van der Waals surface area (Å²) in [5.74, 6) is -0.231. The molecule has 0 saturated carbocycles. The van der Waals surface area contributed by atoms with E-state index in [-0.39, 0.29) is 24.0 Å². The second kappa shape index (κ2) is 7.28. The van der Waals surface area contributed by atoms with Crippen LogP contribution in [0.3, 0.4) is 0 Å². The summed E-state index contributed by atoms with van der Waals surface area (Å²) in [5.41, 5.74) is 1.95. The largest absolute Gasteiger partial charge is 0.466 e. The van der Waals surface area contributed by atoms with Crippen LogP contribution in [-0.4, -0.2) is 19.2 Å². The third-order valence-corrected chi connectivity index (χ3v) is 2.82. The smallest absolute Gasteiger partial charge is 0.387 e. The Morgan fingerprint density at radius 3 is 2.63 bits per heavy atom. The van der Waals surface area contributed by atoms with Crippen molar-refractivity contribution in [2.24, 2.45) is 0 Å². The molecule has 6 heteroatoms. The van der Waals surface area contributed by atoms with Crippen LogP contribution in [0.1, 0.15) is 23.6 Å². The zero-order chi connectivity index (χ0) is 14.4. The Balaban J connectivity index is 3.01. The van der Waals surface area contributed by atoms with Crippen LogP contribution < -0.4 is 4.74 Å². The van der Waals surface area contributed by atoms with Gasteiger partial charge in [0.25, 0.3) is 0 Å². The molecule has 0 radical (unpaired) electrons. The maximum absolute atomic E-state index is 12.2. The van der Waals surface area contributed by atoms with E-state index in [1.54, 1.807) is 13.8 Å². The van der Waals surface area contributed by atoms with Crippen molar-refractivity contribution in [1.29, 1.82) is 0 Å². The summed E-state index contributed by atoms with van der Waals surface area (Å²) < 4.78 is 33.5. The average molecular weight is 293 g/mol. The van der Waals surface area contributed by atoms with E-state index in [0.29, 0.717) is 23.3 Å². The maximum atomic E-state index is 12.2. The van der Waals surface area contributed by atoms with E-state index in [4.69, 9.17) is 16.3 Å². The van der Waals surface area contributed by atoms with E-state index in [1.807, 2.05) is 0 Å². The first-order chi connectivity index (χ1) is 8.97. The average Bonchev–Trinajstić information content (AvgIpc) is 2.31. The predicted molar refractivity (Wildman–Crippen MR) is 67.7 cm³/mol. The van der Waals surface area contributed by atoms with Crippen LogP contribution >= 0.6 is 11.6 Å². The lowest BCUT2D eigenvalue weighted by atomic mass is 9.99. The van der Waals surface area contributed by atoms with Crippen LogP contribution in [0, 0.1) is 6.92 Å². The van der Waals surface area contributed by atoms with Crippen LogP contribution in [0.25, 0.3) is 0 Å². The molecular weight excluding hydrogens is 278 g/mol. The molecule has 106 valence electrons. The molecule has 0 aliphatic heterocycles. The van der Waals surface area contributed by atoms with Crippen molar-refractivity contribution in [3.05, 3.63) is 28.8 Å². The SMILES string of the molecule is CCOC(=O)Cc1c(C)cc(OC(F)F)cc1CCl. The number of hydrogen-bond acceptors (Lipinski definition) is 3. The van der Waals surface area contributed by atoms with Crippen LogP contribution in [0.5, 0.6) is 5.75 Å². The molecule has 19 heavy (non-hydrogen) atoms. The van der Waals surface area contributed by atoms with Gasteiger partial charge in [-0.2, -0.15) is 8.78 Å².